The first-order valence-corrected chi connectivity index (χ1v) is 5.91. The molecule has 6 nitrogen and oxygen atoms in total. The molecule has 1 aromatic carbocycles. The Hall–Kier alpha value is -2.08. The molecule has 2 rings (SSSR count). The Balaban J connectivity index is 2.19. The fraction of sp³-hybridized carbons (Fsp3) is 0.385. The number of aromatic carboxylic acids is 1. The van der Waals surface area contributed by atoms with Crippen LogP contribution in [0.3, 0.4) is 0 Å². The van der Waals surface area contributed by atoms with E-state index in [-0.39, 0.29) is 17.4 Å². The normalized spacial score (nSPS) is 18.1. The molecule has 0 bridgehead atoms. The van der Waals surface area contributed by atoms with Gasteiger partial charge in [0.1, 0.15) is 5.75 Å². The molecule has 1 amide bonds. The number of methoxy groups -OCH3 is 1. The van der Waals surface area contributed by atoms with Gasteiger partial charge in [-0.3, -0.25) is 4.79 Å². The van der Waals surface area contributed by atoms with E-state index in [1.54, 1.807) is 0 Å². The summed E-state index contributed by atoms with van der Waals surface area (Å²) in [7, 11) is 1.46. The van der Waals surface area contributed by atoms with Crippen LogP contribution in [-0.4, -0.2) is 37.3 Å². The van der Waals surface area contributed by atoms with E-state index in [1.807, 2.05) is 0 Å². The maximum absolute atomic E-state index is 12.0. The van der Waals surface area contributed by atoms with Gasteiger partial charge < -0.3 is 19.9 Å². The molecule has 1 aromatic rings. The molecule has 19 heavy (non-hydrogen) atoms. The summed E-state index contributed by atoms with van der Waals surface area (Å²) in [6.45, 7) is 0.969. The van der Waals surface area contributed by atoms with Gasteiger partial charge in [0.15, 0.2) is 0 Å². The van der Waals surface area contributed by atoms with Crippen LogP contribution in [0.5, 0.6) is 5.75 Å². The monoisotopic (exact) mass is 265 g/mol. The van der Waals surface area contributed by atoms with E-state index < -0.39 is 5.97 Å². The Morgan fingerprint density at radius 2 is 2.26 bits per heavy atom. The number of carboxylic acids is 1. The lowest BCUT2D eigenvalue weighted by Gasteiger charge is -2.13. The van der Waals surface area contributed by atoms with Gasteiger partial charge in [-0.1, -0.05) is 0 Å². The van der Waals surface area contributed by atoms with E-state index in [0.717, 1.165) is 0 Å². The molecule has 1 fully saturated rings. The van der Waals surface area contributed by atoms with Gasteiger partial charge in [-0.15, -0.1) is 0 Å². The topological polar surface area (TPSA) is 84.9 Å². The summed E-state index contributed by atoms with van der Waals surface area (Å²) < 4.78 is 10.3. The molecule has 6 heteroatoms. The molecule has 1 aliphatic rings. The van der Waals surface area contributed by atoms with Crippen molar-refractivity contribution in [1.82, 2.24) is 0 Å². The van der Waals surface area contributed by atoms with Gasteiger partial charge in [0.2, 0.25) is 5.91 Å². The number of benzene rings is 1. The van der Waals surface area contributed by atoms with E-state index in [2.05, 4.69) is 5.32 Å². The van der Waals surface area contributed by atoms with Crippen LogP contribution in [0.25, 0.3) is 0 Å². The van der Waals surface area contributed by atoms with E-state index in [4.69, 9.17) is 14.6 Å². The minimum Gasteiger partial charge on any atom is -0.495 e. The summed E-state index contributed by atoms with van der Waals surface area (Å²) in [6, 6.07) is 4.33. The van der Waals surface area contributed by atoms with Gasteiger partial charge in [0.25, 0.3) is 0 Å². The number of amides is 1. The lowest BCUT2D eigenvalue weighted by molar-refractivity contribution is -0.119. The van der Waals surface area contributed by atoms with Crippen molar-refractivity contribution < 1.29 is 24.2 Å². The fourth-order valence-corrected chi connectivity index (χ4v) is 1.91. The zero-order chi connectivity index (χ0) is 13.8. The Labute approximate surface area is 110 Å². The lowest BCUT2D eigenvalue weighted by atomic mass is 10.1. The van der Waals surface area contributed by atoms with Crippen LogP contribution in [0.1, 0.15) is 16.8 Å². The van der Waals surface area contributed by atoms with Crippen LogP contribution in [0.4, 0.5) is 5.69 Å². The van der Waals surface area contributed by atoms with Crippen molar-refractivity contribution in [1.29, 1.82) is 0 Å². The number of anilines is 1. The first-order valence-electron chi connectivity index (χ1n) is 5.91. The highest BCUT2D eigenvalue weighted by Gasteiger charge is 2.24. The molecule has 1 heterocycles. The number of carbonyl (C=O) groups excluding carboxylic acids is 1. The predicted molar refractivity (Wildman–Crippen MR) is 67.5 cm³/mol. The summed E-state index contributed by atoms with van der Waals surface area (Å²) in [4.78, 5) is 22.9. The number of ether oxygens (including phenoxy) is 2. The second-order valence-electron chi connectivity index (χ2n) is 4.27. The predicted octanol–water partition coefficient (Wildman–Crippen LogP) is 1.37. The van der Waals surface area contributed by atoms with Crippen molar-refractivity contribution in [3.63, 3.8) is 0 Å². The Morgan fingerprint density at radius 3 is 2.84 bits per heavy atom. The molecule has 102 valence electrons. The zero-order valence-electron chi connectivity index (χ0n) is 10.5. The van der Waals surface area contributed by atoms with Crippen LogP contribution in [-0.2, 0) is 9.53 Å². The molecule has 0 aromatic heterocycles. The average Bonchev–Trinajstić information content (AvgIpc) is 2.92. The Morgan fingerprint density at radius 1 is 1.47 bits per heavy atom. The second-order valence-corrected chi connectivity index (χ2v) is 4.27. The van der Waals surface area contributed by atoms with E-state index in [9.17, 15) is 9.59 Å². The first-order chi connectivity index (χ1) is 9.11. The van der Waals surface area contributed by atoms with Crippen LogP contribution in [0.15, 0.2) is 18.2 Å². The van der Waals surface area contributed by atoms with Gasteiger partial charge in [0, 0.05) is 6.61 Å². The zero-order valence-corrected chi connectivity index (χ0v) is 10.5. The number of hydrogen-bond acceptors (Lipinski definition) is 4. The van der Waals surface area contributed by atoms with Gasteiger partial charge in [-0.25, -0.2) is 4.79 Å². The van der Waals surface area contributed by atoms with Crippen molar-refractivity contribution >= 4 is 17.6 Å². The summed E-state index contributed by atoms with van der Waals surface area (Å²) in [5.41, 5.74) is 0.457. The maximum atomic E-state index is 12.0. The van der Waals surface area contributed by atoms with Gasteiger partial charge in [-0.05, 0) is 24.6 Å². The van der Waals surface area contributed by atoms with Crippen molar-refractivity contribution in [3.8, 4) is 5.75 Å². The molecular weight excluding hydrogens is 250 g/mol. The van der Waals surface area contributed by atoms with Gasteiger partial charge in [-0.2, -0.15) is 0 Å². The highest BCUT2D eigenvalue weighted by molar-refractivity contribution is 5.96. The summed E-state index contributed by atoms with van der Waals surface area (Å²) in [5, 5.41) is 11.6. The third-order valence-electron chi connectivity index (χ3n) is 3.00. The van der Waals surface area contributed by atoms with Crippen LogP contribution in [0.2, 0.25) is 0 Å². The molecule has 0 saturated carbocycles. The number of carbonyl (C=O) groups is 2. The molecule has 1 saturated heterocycles. The molecule has 0 aliphatic carbocycles. The quantitative estimate of drug-likeness (QED) is 0.858. The van der Waals surface area contributed by atoms with Crippen molar-refractivity contribution in [2.45, 2.75) is 6.42 Å². The molecule has 1 aliphatic heterocycles. The number of hydrogen-bond donors (Lipinski definition) is 2. The summed E-state index contributed by atoms with van der Waals surface area (Å²) in [6.07, 6.45) is 0.673. The highest BCUT2D eigenvalue weighted by atomic mass is 16.5. The van der Waals surface area contributed by atoms with Crippen LogP contribution < -0.4 is 10.1 Å². The van der Waals surface area contributed by atoms with Crippen LogP contribution in [0, 0.1) is 5.92 Å². The van der Waals surface area contributed by atoms with Crippen LogP contribution >= 0.6 is 0 Å². The Bertz CT molecular complexity index is 494. The van der Waals surface area contributed by atoms with Crippen molar-refractivity contribution in [3.05, 3.63) is 23.8 Å². The smallest absolute Gasteiger partial charge is 0.335 e. The van der Waals surface area contributed by atoms with Crippen molar-refractivity contribution in [2.24, 2.45) is 5.92 Å². The summed E-state index contributed by atoms with van der Waals surface area (Å²) in [5.74, 6) is -1.00. The largest absolute Gasteiger partial charge is 0.495 e. The molecule has 2 N–H and O–H groups in total. The maximum Gasteiger partial charge on any atom is 0.335 e. The van der Waals surface area contributed by atoms with Crippen molar-refractivity contribution in [2.75, 3.05) is 25.6 Å². The van der Waals surface area contributed by atoms with Gasteiger partial charge in [0.05, 0.1) is 30.9 Å². The standard InChI is InChI=1S/C13H15NO5/c1-18-11-3-2-8(13(16)17)6-10(11)14-12(15)9-4-5-19-7-9/h2-3,6,9H,4-5,7H2,1H3,(H,14,15)(H,16,17). The van der Waals surface area contributed by atoms with E-state index in [1.165, 1.54) is 25.3 Å². The third-order valence-corrected chi connectivity index (χ3v) is 3.00. The average molecular weight is 265 g/mol. The Kier molecular flexibility index (Phi) is 4.01. The second kappa shape index (κ2) is 5.71. The lowest BCUT2D eigenvalue weighted by Crippen LogP contribution is -2.23. The molecule has 0 spiro atoms. The van der Waals surface area contributed by atoms with E-state index in [0.29, 0.717) is 31.1 Å². The number of carboxylic acid groups (broad SMARTS) is 1. The first kappa shape index (κ1) is 13.4. The fourth-order valence-electron chi connectivity index (χ4n) is 1.91. The molecule has 1 unspecified atom stereocenters. The third kappa shape index (κ3) is 3.03. The molecule has 1 atom stereocenters. The van der Waals surface area contributed by atoms with Gasteiger partial charge >= 0.3 is 5.97 Å². The summed E-state index contributed by atoms with van der Waals surface area (Å²) >= 11 is 0. The minimum absolute atomic E-state index is 0.0961. The SMILES string of the molecule is COc1ccc(C(=O)O)cc1NC(=O)C1CCOC1. The molecular formula is C13H15NO5. The van der Waals surface area contributed by atoms with E-state index >= 15 is 0 Å². The number of rotatable bonds is 4. The molecule has 0 radical (unpaired) electrons. The highest BCUT2D eigenvalue weighted by Crippen LogP contribution is 2.27. The number of nitrogens with one attached hydrogen (secondary N) is 1. The minimum atomic E-state index is -1.05.